The van der Waals surface area contributed by atoms with Crippen LogP contribution in [0.3, 0.4) is 0 Å². The first-order valence-corrected chi connectivity index (χ1v) is 8.06. The van der Waals surface area contributed by atoms with Gasteiger partial charge in [-0.1, -0.05) is 24.1 Å². The van der Waals surface area contributed by atoms with E-state index in [4.69, 9.17) is 0 Å². The molecule has 0 saturated carbocycles. The number of fused-ring (bicyclic) bond motifs is 3. The Hall–Kier alpha value is -2.18. The van der Waals surface area contributed by atoms with E-state index in [1.54, 1.807) is 6.33 Å². The van der Waals surface area contributed by atoms with Crippen molar-refractivity contribution >= 4 is 21.6 Å². The highest BCUT2D eigenvalue weighted by Gasteiger charge is 2.18. The maximum absolute atomic E-state index is 4.44. The summed E-state index contributed by atoms with van der Waals surface area (Å²) in [6, 6.07) is 10.1. The number of aromatic nitrogens is 2. The summed E-state index contributed by atoms with van der Waals surface area (Å²) >= 11 is 1.82. The molecule has 3 aromatic rings. The zero-order chi connectivity index (χ0) is 14.1. The van der Waals surface area contributed by atoms with Crippen LogP contribution in [-0.4, -0.2) is 9.97 Å². The molecule has 2 heterocycles. The average molecular weight is 290 g/mol. The third-order valence-corrected chi connectivity index (χ3v) is 5.05. The molecule has 102 valence electrons. The highest BCUT2D eigenvalue weighted by Crippen LogP contribution is 2.36. The van der Waals surface area contributed by atoms with Gasteiger partial charge in [-0.25, -0.2) is 9.97 Å². The van der Waals surface area contributed by atoms with Crippen LogP contribution < -0.4 is 0 Å². The minimum atomic E-state index is 0.878. The average Bonchev–Trinajstić information content (AvgIpc) is 2.93. The van der Waals surface area contributed by atoms with Gasteiger partial charge >= 0.3 is 0 Å². The summed E-state index contributed by atoms with van der Waals surface area (Å²) in [7, 11) is 0. The van der Waals surface area contributed by atoms with E-state index < -0.39 is 0 Å². The van der Waals surface area contributed by atoms with Crippen molar-refractivity contribution in [3.05, 3.63) is 58.4 Å². The molecule has 0 aliphatic heterocycles. The maximum Gasteiger partial charge on any atom is 0.128 e. The Kier molecular flexibility index (Phi) is 3.17. The van der Waals surface area contributed by atoms with Crippen LogP contribution in [0.2, 0.25) is 0 Å². The molecule has 0 atom stereocenters. The largest absolute Gasteiger partial charge is 0.227 e. The van der Waals surface area contributed by atoms with Crippen LogP contribution in [-0.2, 0) is 12.8 Å². The Morgan fingerprint density at radius 1 is 0.952 bits per heavy atom. The monoisotopic (exact) mass is 290 g/mol. The molecular formula is C18H14N2S. The van der Waals surface area contributed by atoms with Gasteiger partial charge in [0.05, 0.1) is 0 Å². The predicted octanol–water partition coefficient (Wildman–Crippen LogP) is 3.97. The van der Waals surface area contributed by atoms with E-state index in [2.05, 4.69) is 21.8 Å². The molecule has 0 bridgehead atoms. The van der Waals surface area contributed by atoms with Crippen molar-refractivity contribution in [2.24, 2.45) is 0 Å². The summed E-state index contributed by atoms with van der Waals surface area (Å²) in [6.45, 7) is 0. The molecule has 0 radical (unpaired) electrons. The third kappa shape index (κ3) is 2.32. The minimum Gasteiger partial charge on any atom is -0.227 e. The van der Waals surface area contributed by atoms with Crippen molar-refractivity contribution in [3.8, 4) is 11.8 Å². The first-order valence-electron chi connectivity index (χ1n) is 7.24. The second kappa shape index (κ2) is 5.31. The van der Waals surface area contributed by atoms with Crippen LogP contribution in [0.4, 0.5) is 0 Å². The first-order chi connectivity index (χ1) is 10.4. The molecule has 4 rings (SSSR count). The molecule has 21 heavy (non-hydrogen) atoms. The molecule has 0 N–H and O–H groups in total. The van der Waals surface area contributed by atoms with Gasteiger partial charge in [0.25, 0.3) is 0 Å². The standard InChI is InChI=1S/C18H14N2S/c1-2-6-13(7-3-1)10-11-15-17-14-8-4-5-9-16(14)21-18(17)20-12-19-15/h1-3,6-7,12H,4-5,8-9H2. The summed E-state index contributed by atoms with van der Waals surface area (Å²) < 4.78 is 0. The van der Waals surface area contributed by atoms with Gasteiger partial charge in [-0.15, -0.1) is 11.3 Å². The summed E-state index contributed by atoms with van der Waals surface area (Å²) in [5.74, 6) is 6.46. The molecule has 0 unspecified atom stereocenters. The first kappa shape index (κ1) is 12.6. The van der Waals surface area contributed by atoms with Crippen molar-refractivity contribution in [3.63, 3.8) is 0 Å². The Bertz CT molecular complexity index is 853. The summed E-state index contributed by atoms with van der Waals surface area (Å²) in [5.41, 5.74) is 3.34. The quantitative estimate of drug-likeness (QED) is 0.585. The number of benzene rings is 1. The molecular weight excluding hydrogens is 276 g/mol. The molecule has 0 fully saturated rings. The van der Waals surface area contributed by atoms with Gasteiger partial charge < -0.3 is 0 Å². The fourth-order valence-electron chi connectivity index (χ4n) is 2.84. The lowest BCUT2D eigenvalue weighted by Gasteiger charge is -2.10. The van der Waals surface area contributed by atoms with Gasteiger partial charge in [-0.3, -0.25) is 0 Å². The van der Waals surface area contributed by atoms with Crippen LogP contribution >= 0.6 is 11.3 Å². The Morgan fingerprint density at radius 2 is 1.81 bits per heavy atom. The number of rotatable bonds is 0. The predicted molar refractivity (Wildman–Crippen MR) is 86.5 cm³/mol. The highest BCUT2D eigenvalue weighted by atomic mass is 32.1. The van der Waals surface area contributed by atoms with Crippen LogP contribution in [0, 0.1) is 11.8 Å². The van der Waals surface area contributed by atoms with E-state index in [0.717, 1.165) is 22.5 Å². The number of hydrogen-bond donors (Lipinski definition) is 0. The van der Waals surface area contributed by atoms with Crippen molar-refractivity contribution in [1.82, 2.24) is 9.97 Å². The second-order valence-electron chi connectivity index (χ2n) is 5.23. The van der Waals surface area contributed by atoms with E-state index in [1.165, 1.54) is 35.1 Å². The van der Waals surface area contributed by atoms with Gasteiger partial charge in [0.15, 0.2) is 0 Å². The SMILES string of the molecule is C(#Cc1ncnc2sc3c(c12)CCCC3)c1ccccc1. The molecule has 0 amide bonds. The maximum atomic E-state index is 4.44. The zero-order valence-corrected chi connectivity index (χ0v) is 12.4. The third-order valence-electron chi connectivity index (χ3n) is 3.85. The summed E-state index contributed by atoms with van der Waals surface area (Å²) in [4.78, 5) is 11.4. The molecule has 0 saturated heterocycles. The van der Waals surface area contributed by atoms with Crippen LogP contribution in [0.5, 0.6) is 0 Å². The summed E-state index contributed by atoms with van der Waals surface area (Å²) in [5, 5.41) is 1.20. The fourth-order valence-corrected chi connectivity index (χ4v) is 4.07. The zero-order valence-electron chi connectivity index (χ0n) is 11.6. The lowest BCUT2D eigenvalue weighted by molar-refractivity contribution is 0.700. The van der Waals surface area contributed by atoms with E-state index in [-0.39, 0.29) is 0 Å². The number of aryl methyl sites for hydroxylation is 2. The lowest BCUT2D eigenvalue weighted by atomic mass is 9.96. The van der Waals surface area contributed by atoms with Crippen LogP contribution in [0.15, 0.2) is 36.7 Å². The molecule has 0 spiro atoms. The normalized spacial score (nSPS) is 13.5. The van der Waals surface area contributed by atoms with E-state index in [0.29, 0.717) is 0 Å². The van der Waals surface area contributed by atoms with Gasteiger partial charge in [0.2, 0.25) is 0 Å². The van der Waals surface area contributed by atoms with Crippen molar-refractivity contribution in [2.45, 2.75) is 25.7 Å². The Balaban J connectivity index is 1.86. The molecule has 2 nitrogen and oxygen atoms in total. The molecule has 1 aromatic carbocycles. The minimum absolute atomic E-state index is 0.878. The fraction of sp³-hybridized carbons (Fsp3) is 0.222. The lowest BCUT2D eigenvalue weighted by Crippen LogP contribution is -1.99. The van der Waals surface area contributed by atoms with Gasteiger partial charge in [-0.2, -0.15) is 0 Å². The molecule has 3 heteroatoms. The van der Waals surface area contributed by atoms with Crippen molar-refractivity contribution in [1.29, 1.82) is 0 Å². The van der Waals surface area contributed by atoms with Crippen molar-refractivity contribution < 1.29 is 0 Å². The number of nitrogens with zero attached hydrogens (tertiary/aromatic N) is 2. The van der Waals surface area contributed by atoms with Gasteiger partial charge in [0, 0.05) is 15.8 Å². The van der Waals surface area contributed by atoms with E-state index in [1.807, 2.05) is 41.7 Å². The molecule has 2 aromatic heterocycles. The van der Waals surface area contributed by atoms with E-state index >= 15 is 0 Å². The molecule has 1 aliphatic carbocycles. The van der Waals surface area contributed by atoms with Gasteiger partial charge in [-0.05, 0) is 49.3 Å². The smallest absolute Gasteiger partial charge is 0.128 e. The van der Waals surface area contributed by atoms with Gasteiger partial charge in [0.1, 0.15) is 16.9 Å². The second-order valence-corrected chi connectivity index (χ2v) is 6.31. The van der Waals surface area contributed by atoms with Crippen LogP contribution in [0.25, 0.3) is 10.2 Å². The number of hydrogen-bond acceptors (Lipinski definition) is 3. The highest BCUT2D eigenvalue weighted by molar-refractivity contribution is 7.18. The van der Waals surface area contributed by atoms with Crippen molar-refractivity contribution in [2.75, 3.05) is 0 Å². The topological polar surface area (TPSA) is 25.8 Å². The van der Waals surface area contributed by atoms with E-state index in [9.17, 15) is 0 Å². The Morgan fingerprint density at radius 3 is 2.71 bits per heavy atom. The Labute approximate surface area is 127 Å². The molecule has 1 aliphatic rings. The summed E-state index contributed by atoms with van der Waals surface area (Å²) in [6.07, 6.45) is 6.52. The van der Waals surface area contributed by atoms with Crippen LogP contribution in [0.1, 0.15) is 34.5 Å². The number of thiophene rings is 1.